The number of aromatic nitrogens is 3. The van der Waals surface area contributed by atoms with E-state index < -0.39 is 5.82 Å². The highest BCUT2D eigenvalue weighted by atomic mass is 19.1. The van der Waals surface area contributed by atoms with Crippen LogP contribution >= 0.6 is 0 Å². The molecule has 0 saturated carbocycles. The largest absolute Gasteiger partial charge is 0.367 e. The summed E-state index contributed by atoms with van der Waals surface area (Å²) in [5, 5.41) is 3.86. The number of nitrogens with zero attached hydrogens (tertiary/aromatic N) is 3. The van der Waals surface area contributed by atoms with E-state index in [0.29, 0.717) is 22.5 Å². The summed E-state index contributed by atoms with van der Waals surface area (Å²) < 4.78 is 18.2. The Bertz CT molecular complexity index is 712. The molecule has 0 aliphatic heterocycles. The third-order valence-corrected chi connectivity index (χ3v) is 2.62. The zero-order valence-electron chi connectivity index (χ0n) is 9.75. The fourth-order valence-electron chi connectivity index (χ4n) is 1.80. The lowest BCUT2D eigenvalue weighted by molar-refractivity contribution is 0.439. The van der Waals surface area contributed by atoms with Gasteiger partial charge in [-0.1, -0.05) is 11.2 Å². The second-order valence-corrected chi connectivity index (χ2v) is 3.88. The maximum Gasteiger partial charge on any atom is 0.232 e. The molecule has 3 aromatic rings. The van der Waals surface area contributed by atoms with E-state index in [1.807, 2.05) is 6.07 Å². The van der Waals surface area contributed by atoms with Crippen molar-refractivity contribution in [1.29, 1.82) is 0 Å². The van der Waals surface area contributed by atoms with E-state index in [0.717, 1.165) is 6.20 Å². The molecule has 5 nitrogen and oxygen atoms in total. The molecule has 2 N–H and O–H groups in total. The van der Waals surface area contributed by atoms with Crippen molar-refractivity contribution in [2.75, 3.05) is 5.73 Å². The second kappa shape index (κ2) is 4.49. The molecule has 0 unspecified atom stereocenters. The van der Waals surface area contributed by atoms with E-state index in [4.69, 9.17) is 10.3 Å². The average Bonchev–Trinajstić information content (AvgIpc) is 2.82. The number of anilines is 1. The summed E-state index contributed by atoms with van der Waals surface area (Å²) >= 11 is 0. The molecule has 0 radical (unpaired) electrons. The van der Waals surface area contributed by atoms with Crippen LogP contribution in [0.25, 0.3) is 22.5 Å². The van der Waals surface area contributed by atoms with Crippen LogP contribution in [-0.2, 0) is 0 Å². The van der Waals surface area contributed by atoms with Crippen molar-refractivity contribution < 1.29 is 8.91 Å². The smallest absolute Gasteiger partial charge is 0.232 e. The maximum absolute atomic E-state index is 13.2. The van der Waals surface area contributed by atoms with Gasteiger partial charge in [-0.05, 0) is 18.2 Å². The number of rotatable bonds is 2. The summed E-state index contributed by atoms with van der Waals surface area (Å²) in [4.78, 5) is 7.98. The summed E-state index contributed by atoms with van der Waals surface area (Å²) in [6.45, 7) is 0. The van der Waals surface area contributed by atoms with Gasteiger partial charge in [0.1, 0.15) is 11.5 Å². The first-order chi connectivity index (χ1) is 9.25. The normalized spacial score (nSPS) is 10.6. The highest BCUT2D eigenvalue weighted by Gasteiger charge is 2.18. The van der Waals surface area contributed by atoms with Crippen LogP contribution in [0.4, 0.5) is 10.3 Å². The zero-order chi connectivity index (χ0) is 13.2. The number of halogens is 1. The quantitative estimate of drug-likeness (QED) is 0.762. The third-order valence-electron chi connectivity index (χ3n) is 2.62. The van der Waals surface area contributed by atoms with E-state index in [-0.39, 0.29) is 5.88 Å². The van der Waals surface area contributed by atoms with E-state index in [1.54, 1.807) is 18.3 Å². The van der Waals surface area contributed by atoms with Crippen molar-refractivity contribution in [3.63, 3.8) is 0 Å². The fraction of sp³-hybridized carbons (Fsp3) is 0. The van der Waals surface area contributed by atoms with Crippen LogP contribution in [0.2, 0.25) is 0 Å². The SMILES string of the molecule is Nc1onc(-c2cncc(F)c2)c1-c1ccccn1. The fourth-order valence-corrected chi connectivity index (χ4v) is 1.80. The van der Waals surface area contributed by atoms with Gasteiger partial charge in [-0.15, -0.1) is 0 Å². The van der Waals surface area contributed by atoms with Gasteiger partial charge in [-0.3, -0.25) is 9.97 Å². The van der Waals surface area contributed by atoms with Crippen molar-refractivity contribution in [2.45, 2.75) is 0 Å². The molecule has 0 aliphatic carbocycles. The highest BCUT2D eigenvalue weighted by molar-refractivity contribution is 5.84. The Hall–Kier alpha value is -2.76. The summed E-state index contributed by atoms with van der Waals surface area (Å²) in [6, 6.07) is 6.70. The predicted molar refractivity (Wildman–Crippen MR) is 67.3 cm³/mol. The molecule has 0 amide bonds. The first kappa shape index (κ1) is 11.3. The highest BCUT2D eigenvalue weighted by Crippen LogP contribution is 2.34. The molecule has 3 rings (SSSR count). The Morgan fingerprint density at radius 2 is 2.11 bits per heavy atom. The molecule has 0 atom stereocenters. The minimum Gasteiger partial charge on any atom is -0.367 e. The van der Waals surface area contributed by atoms with Crippen LogP contribution in [0, 0.1) is 5.82 Å². The van der Waals surface area contributed by atoms with Crippen molar-refractivity contribution in [2.24, 2.45) is 0 Å². The Labute approximate surface area is 107 Å². The van der Waals surface area contributed by atoms with Crippen molar-refractivity contribution in [3.05, 3.63) is 48.7 Å². The third kappa shape index (κ3) is 2.03. The summed E-state index contributed by atoms with van der Waals surface area (Å²) in [7, 11) is 0. The average molecular weight is 256 g/mol. The van der Waals surface area contributed by atoms with E-state index in [9.17, 15) is 4.39 Å². The molecule has 0 fully saturated rings. The van der Waals surface area contributed by atoms with E-state index in [1.165, 1.54) is 12.3 Å². The van der Waals surface area contributed by atoms with Crippen molar-refractivity contribution in [3.8, 4) is 22.5 Å². The topological polar surface area (TPSA) is 77.8 Å². The van der Waals surface area contributed by atoms with Gasteiger partial charge >= 0.3 is 0 Å². The molecule has 19 heavy (non-hydrogen) atoms. The van der Waals surface area contributed by atoms with Gasteiger partial charge in [0.15, 0.2) is 0 Å². The lowest BCUT2D eigenvalue weighted by Gasteiger charge is -2.01. The van der Waals surface area contributed by atoms with Gasteiger partial charge < -0.3 is 10.3 Å². The number of hydrogen-bond acceptors (Lipinski definition) is 5. The molecule has 0 spiro atoms. The molecule has 0 saturated heterocycles. The van der Waals surface area contributed by atoms with Crippen LogP contribution in [0.15, 0.2) is 47.4 Å². The zero-order valence-corrected chi connectivity index (χ0v) is 9.75. The van der Waals surface area contributed by atoms with E-state index in [2.05, 4.69) is 15.1 Å². The predicted octanol–water partition coefficient (Wildman–Crippen LogP) is 2.52. The number of pyridine rings is 2. The number of nitrogens with two attached hydrogens (primary N) is 1. The Balaban J connectivity index is 2.19. The molecular weight excluding hydrogens is 247 g/mol. The van der Waals surface area contributed by atoms with Gasteiger partial charge in [-0.2, -0.15) is 0 Å². The molecule has 0 bridgehead atoms. The minimum absolute atomic E-state index is 0.137. The first-order valence-electron chi connectivity index (χ1n) is 5.53. The van der Waals surface area contributed by atoms with E-state index >= 15 is 0 Å². The van der Waals surface area contributed by atoms with Gasteiger partial charge in [-0.25, -0.2) is 4.39 Å². The van der Waals surface area contributed by atoms with Crippen LogP contribution in [-0.4, -0.2) is 15.1 Å². The summed E-state index contributed by atoms with van der Waals surface area (Å²) in [5.74, 6) is -0.316. The standard InChI is InChI=1S/C13H9FN4O/c14-9-5-8(6-16-7-9)12-11(13(15)19-18-12)10-3-1-2-4-17-10/h1-7H,15H2. The Morgan fingerprint density at radius 3 is 2.84 bits per heavy atom. The van der Waals surface area contributed by atoms with Gasteiger partial charge in [0.2, 0.25) is 5.88 Å². The van der Waals surface area contributed by atoms with Crippen LogP contribution < -0.4 is 5.73 Å². The van der Waals surface area contributed by atoms with Crippen LogP contribution in [0.3, 0.4) is 0 Å². The number of hydrogen-bond donors (Lipinski definition) is 1. The van der Waals surface area contributed by atoms with Crippen LogP contribution in [0.1, 0.15) is 0 Å². The van der Waals surface area contributed by atoms with Crippen molar-refractivity contribution >= 4 is 5.88 Å². The monoisotopic (exact) mass is 256 g/mol. The number of nitrogen functional groups attached to an aromatic ring is 1. The summed E-state index contributed by atoms with van der Waals surface area (Å²) in [6.07, 6.45) is 4.25. The van der Waals surface area contributed by atoms with Crippen molar-refractivity contribution in [1.82, 2.24) is 15.1 Å². The van der Waals surface area contributed by atoms with Gasteiger partial charge in [0.05, 0.1) is 17.5 Å². The first-order valence-corrected chi connectivity index (χ1v) is 5.53. The molecular formula is C13H9FN4O. The molecule has 94 valence electrons. The lowest BCUT2D eigenvalue weighted by atomic mass is 10.1. The maximum atomic E-state index is 13.2. The lowest BCUT2D eigenvalue weighted by Crippen LogP contribution is -1.90. The molecule has 3 aromatic heterocycles. The molecule has 0 aliphatic rings. The van der Waals surface area contributed by atoms with Crippen LogP contribution in [0.5, 0.6) is 0 Å². The molecule has 0 aromatic carbocycles. The summed E-state index contributed by atoms with van der Waals surface area (Å²) in [5.41, 5.74) is 7.82. The van der Waals surface area contributed by atoms with Gasteiger partial charge in [0, 0.05) is 18.0 Å². The Kier molecular flexibility index (Phi) is 2.68. The second-order valence-electron chi connectivity index (χ2n) is 3.88. The molecule has 6 heteroatoms. The Morgan fingerprint density at radius 1 is 1.21 bits per heavy atom. The minimum atomic E-state index is -0.453. The van der Waals surface area contributed by atoms with Gasteiger partial charge in [0.25, 0.3) is 0 Å². The molecule has 3 heterocycles.